The van der Waals surface area contributed by atoms with Crippen LogP contribution >= 0.6 is 0 Å². The molecule has 0 aromatic rings. The second-order valence-electron chi connectivity index (χ2n) is 6.78. The number of rotatable bonds is 16. The highest BCUT2D eigenvalue weighted by atomic mass is 16.6. The van der Waals surface area contributed by atoms with Gasteiger partial charge in [0.2, 0.25) is 0 Å². The standard InChI is InChI=1S/C19H38O2/c1-2-3-4-5-6-7-8-9-10-11-12-13-14-15-16-18-19(17-20)21-18/h18-20H,2-17H2,1H3/t18-,19-/m0/s1. The molecule has 1 aliphatic heterocycles. The van der Waals surface area contributed by atoms with Gasteiger partial charge < -0.3 is 9.84 Å². The summed E-state index contributed by atoms with van der Waals surface area (Å²) in [4.78, 5) is 0. The second kappa shape index (κ2) is 13.6. The minimum absolute atomic E-state index is 0.173. The molecule has 0 unspecified atom stereocenters. The first-order valence-corrected chi connectivity index (χ1v) is 9.64. The molecule has 1 rings (SSSR count). The third-order valence-corrected chi connectivity index (χ3v) is 4.71. The van der Waals surface area contributed by atoms with E-state index in [1.54, 1.807) is 0 Å². The fourth-order valence-electron chi connectivity index (χ4n) is 3.13. The second-order valence-corrected chi connectivity index (χ2v) is 6.78. The minimum atomic E-state index is 0.173. The summed E-state index contributed by atoms with van der Waals surface area (Å²) in [5, 5.41) is 8.87. The molecule has 0 bridgehead atoms. The van der Waals surface area contributed by atoms with Crippen LogP contribution in [0.1, 0.15) is 103 Å². The van der Waals surface area contributed by atoms with Crippen LogP contribution in [0.2, 0.25) is 0 Å². The first kappa shape index (κ1) is 19.0. The number of hydrogen-bond acceptors (Lipinski definition) is 2. The molecule has 0 radical (unpaired) electrons. The summed E-state index contributed by atoms with van der Waals surface area (Å²) in [6.45, 7) is 2.49. The van der Waals surface area contributed by atoms with Crippen molar-refractivity contribution in [2.24, 2.45) is 0 Å². The van der Waals surface area contributed by atoms with Crippen molar-refractivity contribution in [1.82, 2.24) is 0 Å². The van der Waals surface area contributed by atoms with Gasteiger partial charge in [0.15, 0.2) is 0 Å². The highest BCUT2D eigenvalue weighted by Crippen LogP contribution is 2.26. The van der Waals surface area contributed by atoms with Gasteiger partial charge in [0.05, 0.1) is 12.7 Å². The van der Waals surface area contributed by atoms with E-state index in [4.69, 9.17) is 9.84 Å². The van der Waals surface area contributed by atoms with Crippen LogP contribution in [0.25, 0.3) is 0 Å². The number of unbranched alkanes of at least 4 members (excludes halogenated alkanes) is 13. The van der Waals surface area contributed by atoms with E-state index >= 15 is 0 Å². The zero-order chi connectivity index (χ0) is 15.2. The van der Waals surface area contributed by atoms with Crippen molar-refractivity contribution in [3.8, 4) is 0 Å². The van der Waals surface area contributed by atoms with E-state index in [9.17, 15) is 0 Å². The van der Waals surface area contributed by atoms with Gasteiger partial charge >= 0.3 is 0 Å². The molecule has 0 amide bonds. The molecule has 0 aromatic heterocycles. The molecule has 0 aromatic carbocycles. The van der Waals surface area contributed by atoms with Gasteiger partial charge in [-0.25, -0.2) is 0 Å². The molecular weight excluding hydrogens is 260 g/mol. The molecule has 1 saturated heterocycles. The van der Waals surface area contributed by atoms with Crippen LogP contribution in [0.15, 0.2) is 0 Å². The maximum Gasteiger partial charge on any atom is 0.107 e. The number of ether oxygens (including phenoxy) is 1. The summed E-state index contributed by atoms with van der Waals surface area (Å²) in [6, 6.07) is 0. The molecule has 2 heteroatoms. The van der Waals surface area contributed by atoms with Gasteiger partial charge in [-0.05, 0) is 6.42 Å². The van der Waals surface area contributed by atoms with Crippen LogP contribution in [-0.2, 0) is 4.74 Å². The SMILES string of the molecule is CCCCCCCCCCCCCCCC[C@@H]1O[C@H]1CO. The van der Waals surface area contributed by atoms with Gasteiger partial charge in [-0.2, -0.15) is 0 Å². The van der Waals surface area contributed by atoms with Crippen molar-refractivity contribution < 1.29 is 9.84 Å². The molecule has 2 atom stereocenters. The normalized spacial score (nSPS) is 20.9. The molecule has 0 saturated carbocycles. The Bertz CT molecular complexity index is 218. The highest BCUT2D eigenvalue weighted by Gasteiger charge is 2.36. The number of hydrogen-bond donors (Lipinski definition) is 1. The highest BCUT2D eigenvalue weighted by molar-refractivity contribution is 4.83. The molecule has 0 spiro atoms. The van der Waals surface area contributed by atoms with Crippen LogP contribution < -0.4 is 0 Å². The average molecular weight is 299 g/mol. The molecule has 1 aliphatic rings. The Morgan fingerprint density at radius 3 is 1.43 bits per heavy atom. The smallest absolute Gasteiger partial charge is 0.107 e. The van der Waals surface area contributed by atoms with Crippen molar-refractivity contribution in [2.45, 2.75) is 115 Å². The quantitative estimate of drug-likeness (QED) is 0.296. The Hall–Kier alpha value is -0.0800. The summed E-state index contributed by atoms with van der Waals surface area (Å²) < 4.78 is 5.33. The topological polar surface area (TPSA) is 32.8 Å². The van der Waals surface area contributed by atoms with E-state index < -0.39 is 0 Å². The third-order valence-electron chi connectivity index (χ3n) is 4.71. The van der Waals surface area contributed by atoms with E-state index in [1.165, 1.54) is 89.9 Å². The summed E-state index contributed by atoms with van der Waals surface area (Å²) in [7, 11) is 0. The summed E-state index contributed by atoms with van der Waals surface area (Å²) in [5.41, 5.74) is 0. The Balaban J connectivity index is 1.64. The Kier molecular flexibility index (Phi) is 12.3. The zero-order valence-electron chi connectivity index (χ0n) is 14.3. The molecule has 0 aliphatic carbocycles. The summed E-state index contributed by atoms with van der Waals surface area (Å²) in [6.07, 6.45) is 21.5. The molecule has 126 valence electrons. The molecule has 1 fully saturated rings. The maximum atomic E-state index is 8.87. The predicted molar refractivity (Wildman–Crippen MR) is 90.7 cm³/mol. The zero-order valence-corrected chi connectivity index (χ0v) is 14.3. The first-order valence-electron chi connectivity index (χ1n) is 9.64. The molecule has 1 heterocycles. The minimum Gasteiger partial charge on any atom is -0.394 e. The lowest BCUT2D eigenvalue weighted by Crippen LogP contribution is -1.98. The number of aliphatic hydroxyl groups excluding tert-OH is 1. The van der Waals surface area contributed by atoms with Gasteiger partial charge in [-0.3, -0.25) is 0 Å². The Morgan fingerprint density at radius 2 is 1.05 bits per heavy atom. The van der Waals surface area contributed by atoms with Crippen molar-refractivity contribution >= 4 is 0 Å². The van der Waals surface area contributed by atoms with E-state index in [0.717, 1.165) is 6.42 Å². The fraction of sp³-hybridized carbons (Fsp3) is 1.00. The van der Waals surface area contributed by atoms with Gasteiger partial charge in [0.1, 0.15) is 6.10 Å². The van der Waals surface area contributed by atoms with Crippen LogP contribution in [0.4, 0.5) is 0 Å². The number of epoxide rings is 1. The Morgan fingerprint density at radius 1 is 0.619 bits per heavy atom. The van der Waals surface area contributed by atoms with Gasteiger partial charge in [-0.15, -0.1) is 0 Å². The van der Waals surface area contributed by atoms with E-state index in [2.05, 4.69) is 6.92 Å². The first-order chi connectivity index (χ1) is 10.4. The molecule has 2 nitrogen and oxygen atoms in total. The van der Waals surface area contributed by atoms with E-state index in [1.807, 2.05) is 0 Å². The summed E-state index contributed by atoms with van der Waals surface area (Å²) >= 11 is 0. The van der Waals surface area contributed by atoms with Crippen molar-refractivity contribution in [3.05, 3.63) is 0 Å². The lowest BCUT2D eigenvalue weighted by atomic mass is 10.0. The Labute approximate surface area is 132 Å². The predicted octanol–water partition coefficient (Wildman–Crippen LogP) is 5.62. The third kappa shape index (κ3) is 11.2. The van der Waals surface area contributed by atoms with Crippen LogP contribution in [-0.4, -0.2) is 23.9 Å². The van der Waals surface area contributed by atoms with Crippen LogP contribution in [0.5, 0.6) is 0 Å². The largest absolute Gasteiger partial charge is 0.394 e. The van der Waals surface area contributed by atoms with Crippen molar-refractivity contribution in [2.75, 3.05) is 6.61 Å². The van der Waals surface area contributed by atoms with E-state index in [-0.39, 0.29) is 12.7 Å². The monoisotopic (exact) mass is 298 g/mol. The maximum absolute atomic E-state index is 8.87. The molecule has 1 N–H and O–H groups in total. The fourth-order valence-corrected chi connectivity index (χ4v) is 3.13. The van der Waals surface area contributed by atoms with Gasteiger partial charge in [0.25, 0.3) is 0 Å². The van der Waals surface area contributed by atoms with Gasteiger partial charge in [0, 0.05) is 0 Å². The van der Waals surface area contributed by atoms with Crippen LogP contribution in [0.3, 0.4) is 0 Å². The van der Waals surface area contributed by atoms with Gasteiger partial charge in [-0.1, -0.05) is 96.8 Å². The van der Waals surface area contributed by atoms with Crippen molar-refractivity contribution in [3.63, 3.8) is 0 Å². The average Bonchev–Trinajstić information content (AvgIpc) is 3.26. The van der Waals surface area contributed by atoms with E-state index in [0.29, 0.717) is 6.10 Å². The molecule has 21 heavy (non-hydrogen) atoms. The molecular formula is C19H38O2. The van der Waals surface area contributed by atoms with Crippen molar-refractivity contribution in [1.29, 1.82) is 0 Å². The van der Waals surface area contributed by atoms with Crippen LogP contribution in [0, 0.1) is 0 Å². The lowest BCUT2D eigenvalue weighted by molar-refractivity contribution is 0.241. The summed E-state index contributed by atoms with van der Waals surface area (Å²) in [5.74, 6) is 0. The number of aliphatic hydroxyl groups is 1. The lowest BCUT2D eigenvalue weighted by Gasteiger charge is -2.03.